The quantitative estimate of drug-likeness (QED) is 0.134. The van der Waals surface area contributed by atoms with Gasteiger partial charge in [-0.1, -0.05) is 57.9 Å². The molecule has 0 spiro atoms. The highest BCUT2D eigenvalue weighted by molar-refractivity contribution is 8.00. The standard InChI is InChI=1S/C28H17Cl3N4O7S2/c29-12-1-8-19(42-11-20(36)32-13-2-7-17(30)18(31)10-13)16(9-12)21-22-24(43-25-23(21)44-28(39)33-25)27(38)34(26(22)37)14-3-5-15(6-4-14)35(40)41/h1-10,21-22,24H,11H2,(H,32,36)(H,33,39)/t21-,22?,24?/m1/s1. The van der Waals surface area contributed by atoms with Gasteiger partial charge in [0.05, 0.1) is 31.6 Å². The number of H-pyrrole nitrogens is 1. The summed E-state index contributed by atoms with van der Waals surface area (Å²) in [5, 5.41) is 14.2. The number of aromatic amines is 1. The molecule has 2 aliphatic rings. The number of rotatable bonds is 7. The summed E-state index contributed by atoms with van der Waals surface area (Å²) >= 11 is 20.3. The SMILES string of the molecule is O=C(COc1ccc(Cl)cc1[C@H]1c2sc(=O)[nH]c2SC2C(=O)N(c3ccc([N+](=O)[O-])cc3)C(=O)C21)Nc1ccc(Cl)c(Cl)c1. The zero-order chi connectivity index (χ0) is 31.3. The van der Waals surface area contributed by atoms with E-state index in [1.807, 2.05) is 0 Å². The van der Waals surface area contributed by atoms with E-state index in [0.29, 0.717) is 31.2 Å². The zero-order valence-corrected chi connectivity index (χ0v) is 25.8. The Morgan fingerprint density at radius 1 is 1.00 bits per heavy atom. The van der Waals surface area contributed by atoms with Crippen molar-refractivity contribution in [2.24, 2.45) is 5.92 Å². The third kappa shape index (κ3) is 5.57. The number of carbonyl (C=O) groups excluding carboxylic acids is 3. The number of imide groups is 1. The van der Waals surface area contributed by atoms with Gasteiger partial charge in [-0.3, -0.25) is 29.3 Å². The Morgan fingerprint density at radius 3 is 2.45 bits per heavy atom. The Kier molecular flexibility index (Phi) is 8.16. The minimum atomic E-state index is -0.979. The molecule has 1 fully saturated rings. The Morgan fingerprint density at radius 2 is 1.75 bits per heavy atom. The topological polar surface area (TPSA) is 152 Å². The van der Waals surface area contributed by atoms with E-state index in [4.69, 9.17) is 39.5 Å². The number of benzene rings is 3. The highest BCUT2D eigenvalue weighted by atomic mass is 35.5. The van der Waals surface area contributed by atoms with E-state index in [-0.39, 0.29) is 27.0 Å². The van der Waals surface area contributed by atoms with Gasteiger partial charge in [-0.25, -0.2) is 4.90 Å². The second-order valence-electron chi connectivity index (χ2n) is 9.68. The van der Waals surface area contributed by atoms with E-state index in [2.05, 4.69) is 10.3 Å². The van der Waals surface area contributed by atoms with E-state index < -0.39 is 46.3 Å². The van der Waals surface area contributed by atoms with Crippen LogP contribution >= 0.6 is 57.9 Å². The number of nitro groups is 1. The van der Waals surface area contributed by atoms with Crippen molar-refractivity contribution in [1.82, 2.24) is 4.98 Å². The Hall–Kier alpha value is -3.88. The average molecular weight is 692 g/mol. The smallest absolute Gasteiger partial charge is 0.305 e. The summed E-state index contributed by atoms with van der Waals surface area (Å²) in [7, 11) is 0. The maximum absolute atomic E-state index is 14.0. The highest BCUT2D eigenvalue weighted by Gasteiger charge is 2.57. The summed E-state index contributed by atoms with van der Waals surface area (Å²) in [6.45, 7) is -0.428. The van der Waals surface area contributed by atoms with Crippen LogP contribution in [0.4, 0.5) is 17.1 Å². The van der Waals surface area contributed by atoms with Crippen LogP contribution in [0.3, 0.4) is 0 Å². The van der Waals surface area contributed by atoms with Crippen molar-refractivity contribution in [3.8, 4) is 5.75 Å². The van der Waals surface area contributed by atoms with Crippen molar-refractivity contribution in [2.45, 2.75) is 16.2 Å². The van der Waals surface area contributed by atoms with Crippen LogP contribution in [0.25, 0.3) is 0 Å². The minimum Gasteiger partial charge on any atom is -0.483 e. The summed E-state index contributed by atoms with van der Waals surface area (Å²) in [6.07, 6.45) is 0. The van der Waals surface area contributed by atoms with Crippen LogP contribution in [0.1, 0.15) is 16.4 Å². The molecule has 16 heteroatoms. The fourth-order valence-electron chi connectivity index (χ4n) is 5.14. The molecule has 224 valence electrons. The number of aromatic nitrogens is 1. The summed E-state index contributed by atoms with van der Waals surface area (Å²) in [5.74, 6) is -3.20. The molecule has 2 unspecified atom stereocenters. The van der Waals surface area contributed by atoms with Gasteiger partial charge in [-0.15, -0.1) is 0 Å². The Labute approximate surface area is 271 Å². The number of hydrogen-bond acceptors (Lipinski definition) is 9. The fraction of sp³-hybridized carbons (Fsp3) is 0.143. The number of fused-ring (bicyclic) bond motifs is 2. The molecular formula is C28H17Cl3N4O7S2. The van der Waals surface area contributed by atoms with E-state index >= 15 is 0 Å². The molecule has 11 nitrogen and oxygen atoms in total. The Bertz CT molecular complexity index is 1910. The van der Waals surface area contributed by atoms with Gasteiger partial charge in [0.15, 0.2) is 6.61 Å². The lowest BCUT2D eigenvalue weighted by Gasteiger charge is -2.31. The van der Waals surface area contributed by atoms with Gasteiger partial charge in [-0.05, 0) is 48.5 Å². The number of thioether (sulfide) groups is 1. The summed E-state index contributed by atoms with van der Waals surface area (Å²) in [6, 6.07) is 14.4. The van der Waals surface area contributed by atoms with Crippen molar-refractivity contribution in [2.75, 3.05) is 16.8 Å². The number of hydrogen-bond donors (Lipinski definition) is 2. The van der Waals surface area contributed by atoms with Crippen LogP contribution in [0.15, 0.2) is 70.5 Å². The third-order valence-electron chi connectivity index (χ3n) is 7.01. The number of halogens is 3. The molecule has 2 aliphatic heterocycles. The average Bonchev–Trinajstić information content (AvgIpc) is 3.48. The van der Waals surface area contributed by atoms with Crippen LogP contribution in [-0.4, -0.2) is 39.5 Å². The normalized spacial score (nSPS) is 19.0. The fourth-order valence-corrected chi connectivity index (χ4v) is 8.12. The third-order valence-corrected chi connectivity index (χ3v) is 10.4. The largest absolute Gasteiger partial charge is 0.483 e. The number of ether oxygens (including phenoxy) is 1. The first kappa shape index (κ1) is 30.2. The molecule has 2 N–H and O–H groups in total. The molecule has 0 radical (unpaired) electrons. The molecule has 3 atom stereocenters. The predicted octanol–water partition coefficient (Wildman–Crippen LogP) is 6.12. The first-order valence-electron chi connectivity index (χ1n) is 12.7. The number of carbonyl (C=O) groups is 3. The van der Waals surface area contributed by atoms with Crippen molar-refractivity contribution in [3.05, 3.63) is 106 Å². The van der Waals surface area contributed by atoms with Crippen LogP contribution in [0.2, 0.25) is 15.1 Å². The number of nitro benzene ring substituents is 1. The molecule has 3 heterocycles. The predicted molar refractivity (Wildman–Crippen MR) is 168 cm³/mol. The molecule has 1 saturated heterocycles. The second-order valence-corrected chi connectivity index (χ2v) is 13.1. The van der Waals surface area contributed by atoms with E-state index in [0.717, 1.165) is 28.0 Å². The molecule has 3 amide bonds. The maximum atomic E-state index is 14.0. The van der Waals surface area contributed by atoms with Crippen molar-refractivity contribution in [3.63, 3.8) is 0 Å². The number of amides is 3. The van der Waals surface area contributed by atoms with Crippen LogP contribution in [0.5, 0.6) is 5.75 Å². The van der Waals surface area contributed by atoms with Gasteiger partial charge in [0.25, 0.3) is 11.6 Å². The molecular weight excluding hydrogens is 675 g/mol. The van der Waals surface area contributed by atoms with Gasteiger partial charge in [0.1, 0.15) is 11.0 Å². The molecule has 1 aromatic heterocycles. The van der Waals surface area contributed by atoms with Gasteiger partial charge in [-0.2, -0.15) is 0 Å². The minimum absolute atomic E-state index is 0.178. The van der Waals surface area contributed by atoms with Crippen molar-refractivity contribution in [1.29, 1.82) is 0 Å². The first-order valence-corrected chi connectivity index (χ1v) is 15.5. The van der Waals surface area contributed by atoms with Crippen LogP contribution in [-0.2, 0) is 14.4 Å². The second kappa shape index (κ2) is 11.9. The summed E-state index contributed by atoms with van der Waals surface area (Å²) in [4.78, 5) is 67.3. The van der Waals surface area contributed by atoms with E-state index in [1.54, 1.807) is 24.3 Å². The van der Waals surface area contributed by atoms with E-state index in [9.17, 15) is 29.3 Å². The summed E-state index contributed by atoms with van der Waals surface area (Å²) in [5.41, 5.74) is 0.789. The van der Waals surface area contributed by atoms with Gasteiger partial charge >= 0.3 is 4.87 Å². The van der Waals surface area contributed by atoms with Crippen LogP contribution in [0, 0.1) is 16.0 Å². The molecule has 0 aliphatic carbocycles. The monoisotopic (exact) mass is 690 g/mol. The first-order chi connectivity index (χ1) is 21.0. The molecule has 0 bridgehead atoms. The number of nitrogens with one attached hydrogen (secondary N) is 2. The molecule has 4 aromatic rings. The lowest BCUT2D eigenvalue weighted by Crippen LogP contribution is -2.32. The van der Waals surface area contributed by atoms with Gasteiger partial charge in [0, 0.05) is 39.2 Å². The molecule has 3 aromatic carbocycles. The van der Waals surface area contributed by atoms with Gasteiger partial charge < -0.3 is 15.0 Å². The number of thiazole rings is 1. The number of non-ortho nitro benzene ring substituents is 1. The zero-order valence-electron chi connectivity index (χ0n) is 21.9. The highest BCUT2D eigenvalue weighted by Crippen LogP contribution is 2.54. The number of anilines is 2. The number of nitrogens with zero attached hydrogens (tertiary/aromatic N) is 2. The molecule has 44 heavy (non-hydrogen) atoms. The van der Waals surface area contributed by atoms with Crippen molar-refractivity contribution >= 4 is 92.7 Å². The van der Waals surface area contributed by atoms with Crippen LogP contribution < -0.4 is 19.8 Å². The lowest BCUT2D eigenvalue weighted by atomic mass is 9.82. The Balaban J connectivity index is 1.34. The maximum Gasteiger partial charge on any atom is 0.305 e. The molecule has 6 rings (SSSR count). The van der Waals surface area contributed by atoms with Crippen molar-refractivity contribution < 1.29 is 24.0 Å². The summed E-state index contributed by atoms with van der Waals surface area (Å²) < 4.78 is 5.92. The van der Waals surface area contributed by atoms with E-state index in [1.165, 1.54) is 36.4 Å². The molecule has 0 saturated carbocycles. The van der Waals surface area contributed by atoms with Gasteiger partial charge in [0.2, 0.25) is 11.8 Å². The lowest BCUT2D eigenvalue weighted by molar-refractivity contribution is -0.384.